The number of aryl methyl sites for hydroxylation is 3. The van der Waals surface area contributed by atoms with Crippen LogP contribution in [0, 0.1) is 6.92 Å². The molecular weight excluding hydrogens is 551 g/mol. The minimum absolute atomic E-state index is 0.115. The number of nitrogens with one attached hydrogen (secondary N) is 1. The molecule has 0 aliphatic heterocycles. The summed E-state index contributed by atoms with van der Waals surface area (Å²) in [6.45, 7) is 4.51. The number of amides is 1. The van der Waals surface area contributed by atoms with E-state index in [9.17, 15) is 26.4 Å². The van der Waals surface area contributed by atoms with Crippen LogP contribution in [0.5, 0.6) is 5.75 Å². The van der Waals surface area contributed by atoms with E-state index in [0.717, 1.165) is 46.9 Å². The van der Waals surface area contributed by atoms with Crippen LogP contribution >= 0.6 is 0 Å². The summed E-state index contributed by atoms with van der Waals surface area (Å²) in [5.41, 5.74) is 3.25. The number of hydrogen-bond donors (Lipinski definition) is 1. The molecule has 0 unspecified atom stereocenters. The van der Waals surface area contributed by atoms with Gasteiger partial charge in [0.1, 0.15) is 5.75 Å². The normalized spacial score (nSPS) is 11.7. The summed E-state index contributed by atoms with van der Waals surface area (Å²) in [5, 5.41) is 0. The first-order valence-corrected chi connectivity index (χ1v) is 14.6. The van der Waals surface area contributed by atoms with Gasteiger partial charge in [0.25, 0.3) is 15.9 Å². The largest absolute Gasteiger partial charge is 0.493 e. The van der Waals surface area contributed by atoms with E-state index in [1.807, 2.05) is 73.2 Å². The zero-order chi connectivity index (χ0) is 29.6. The molecule has 0 fully saturated rings. The van der Waals surface area contributed by atoms with Gasteiger partial charge in [0.2, 0.25) is 0 Å². The third-order valence-corrected chi connectivity index (χ3v) is 7.81. The van der Waals surface area contributed by atoms with Crippen molar-refractivity contribution in [2.24, 2.45) is 0 Å². The maximum Gasteiger partial charge on any atom is 0.416 e. The highest BCUT2D eigenvalue weighted by molar-refractivity contribution is 7.90. The molecule has 0 atom stereocenters. The molecule has 214 valence electrons. The van der Waals surface area contributed by atoms with Gasteiger partial charge in [-0.1, -0.05) is 67.1 Å². The molecule has 0 bridgehead atoms. The predicted molar refractivity (Wildman–Crippen MR) is 152 cm³/mol. The molecule has 0 radical (unpaired) electrons. The Hall–Kier alpha value is -4.11. The van der Waals surface area contributed by atoms with Gasteiger partial charge in [-0.05, 0) is 79.3 Å². The second-order valence-electron chi connectivity index (χ2n) is 9.67. The summed E-state index contributed by atoms with van der Waals surface area (Å²) in [6, 6.07) is 23.8. The minimum Gasteiger partial charge on any atom is -0.493 e. The number of alkyl halides is 3. The smallest absolute Gasteiger partial charge is 0.416 e. The van der Waals surface area contributed by atoms with Gasteiger partial charge >= 0.3 is 6.18 Å². The molecule has 9 heteroatoms. The number of benzene rings is 4. The van der Waals surface area contributed by atoms with E-state index in [0.29, 0.717) is 36.8 Å². The highest BCUT2D eigenvalue weighted by atomic mass is 32.2. The lowest BCUT2D eigenvalue weighted by Crippen LogP contribution is -2.31. The fourth-order valence-corrected chi connectivity index (χ4v) is 5.41. The maximum absolute atomic E-state index is 13.3. The van der Waals surface area contributed by atoms with Crippen molar-refractivity contribution in [1.82, 2.24) is 4.72 Å². The molecule has 1 amide bonds. The van der Waals surface area contributed by atoms with Gasteiger partial charge in [-0.3, -0.25) is 4.79 Å². The van der Waals surface area contributed by atoms with Crippen LogP contribution in [0.4, 0.5) is 13.2 Å². The number of halogens is 3. The van der Waals surface area contributed by atoms with Crippen molar-refractivity contribution in [3.8, 4) is 16.9 Å². The van der Waals surface area contributed by atoms with Crippen molar-refractivity contribution >= 4 is 15.9 Å². The van der Waals surface area contributed by atoms with E-state index in [1.165, 1.54) is 0 Å². The Morgan fingerprint density at radius 1 is 0.878 bits per heavy atom. The second-order valence-corrected chi connectivity index (χ2v) is 11.3. The highest BCUT2D eigenvalue weighted by Crippen LogP contribution is 2.34. The number of ether oxygens (including phenoxy) is 1. The molecule has 4 aromatic carbocycles. The van der Waals surface area contributed by atoms with Crippen molar-refractivity contribution < 1.29 is 31.1 Å². The highest BCUT2D eigenvalue weighted by Gasteiger charge is 2.32. The Morgan fingerprint density at radius 2 is 1.63 bits per heavy atom. The number of hydrogen-bond acceptors (Lipinski definition) is 4. The Labute approximate surface area is 238 Å². The molecule has 0 spiro atoms. The average Bonchev–Trinajstić information content (AvgIpc) is 2.95. The molecule has 0 aliphatic rings. The lowest BCUT2D eigenvalue weighted by Gasteiger charge is -2.16. The molecule has 4 rings (SSSR count). The van der Waals surface area contributed by atoms with Gasteiger partial charge in [0.15, 0.2) is 0 Å². The molecule has 41 heavy (non-hydrogen) atoms. The molecule has 0 aromatic heterocycles. The van der Waals surface area contributed by atoms with Crippen LogP contribution in [0.1, 0.15) is 46.0 Å². The number of rotatable bonds is 10. The summed E-state index contributed by atoms with van der Waals surface area (Å²) in [5.74, 6) is -0.237. The molecule has 4 aromatic rings. The average molecular weight is 582 g/mol. The van der Waals surface area contributed by atoms with Crippen molar-refractivity contribution in [2.75, 3.05) is 6.61 Å². The Bertz CT molecular complexity index is 1630. The lowest BCUT2D eigenvalue weighted by molar-refractivity contribution is -0.137. The lowest BCUT2D eigenvalue weighted by atomic mass is 9.94. The Kier molecular flexibility index (Phi) is 9.18. The van der Waals surface area contributed by atoms with Gasteiger partial charge in [-0.2, -0.15) is 13.2 Å². The fraction of sp³-hybridized carbons (Fsp3) is 0.219. The standard InChI is InChI=1S/C32H30F3NO4S/c1-3-18-40-30-17-12-22(2)19-29(30)25-15-16-28(24(20-25)14-13-23-8-5-4-6-9-23)31(37)36-41(38,39)27-11-7-10-26(21-27)32(33,34)35/h4-12,15-17,19-21H,3,13-14,18H2,1-2H3,(H,36,37). The summed E-state index contributed by atoms with van der Waals surface area (Å²) < 4.78 is 73.3. The van der Waals surface area contributed by atoms with Crippen LogP contribution in [0.15, 0.2) is 95.9 Å². The monoisotopic (exact) mass is 581 g/mol. The molecule has 0 saturated carbocycles. The van der Waals surface area contributed by atoms with Crippen molar-refractivity contribution in [2.45, 2.75) is 44.2 Å². The van der Waals surface area contributed by atoms with Gasteiger partial charge in [0.05, 0.1) is 17.1 Å². The van der Waals surface area contributed by atoms with Crippen LogP contribution in [0.25, 0.3) is 11.1 Å². The fourth-order valence-electron chi connectivity index (χ4n) is 4.40. The van der Waals surface area contributed by atoms with E-state index in [1.54, 1.807) is 12.1 Å². The number of sulfonamides is 1. The minimum atomic E-state index is -4.73. The second kappa shape index (κ2) is 12.6. The van der Waals surface area contributed by atoms with Crippen LogP contribution in [0.3, 0.4) is 0 Å². The van der Waals surface area contributed by atoms with E-state index >= 15 is 0 Å². The summed E-state index contributed by atoms with van der Waals surface area (Å²) in [4.78, 5) is 12.7. The zero-order valence-corrected chi connectivity index (χ0v) is 23.5. The number of carbonyl (C=O) groups is 1. The van der Waals surface area contributed by atoms with Gasteiger partial charge in [-0.25, -0.2) is 13.1 Å². The molecule has 1 N–H and O–H groups in total. The van der Waals surface area contributed by atoms with Crippen LogP contribution in [-0.4, -0.2) is 20.9 Å². The summed E-state index contributed by atoms with van der Waals surface area (Å²) >= 11 is 0. The summed E-state index contributed by atoms with van der Waals surface area (Å²) in [7, 11) is -4.58. The van der Waals surface area contributed by atoms with Gasteiger partial charge in [-0.15, -0.1) is 0 Å². The Morgan fingerprint density at radius 3 is 2.34 bits per heavy atom. The van der Waals surface area contributed by atoms with Crippen LogP contribution in [0.2, 0.25) is 0 Å². The van der Waals surface area contributed by atoms with E-state index in [4.69, 9.17) is 4.74 Å². The van der Waals surface area contributed by atoms with Gasteiger partial charge in [0, 0.05) is 11.1 Å². The van der Waals surface area contributed by atoms with E-state index < -0.39 is 32.6 Å². The first-order chi connectivity index (χ1) is 19.5. The third-order valence-electron chi connectivity index (χ3n) is 6.48. The third kappa shape index (κ3) is 7.55. The van der Waals surface area contributed by atoms with E-state index in [2.05, 4.69) is 0 Å². The van der Waals surface area contributed by atoms with Crippen molar-refractivity contribution in [3.05, 3.63) is 119 Å². The topological polar surface area (TPSA) is 72.5 Å². The van der Waals surface area contributed by atoms with Crippen LogP contribution in [-0.2, 0) is 29.0 Å². The van der Waals surface area contributed by atoms with Crippen molar-refractivity contribution in [1.29, 1.82) is 0 Å². The SMILES string of the molecule is CCCOc1ccc(C)cc1-c1ccc(C(=O)NS(=O)(=O)c2cccc(C(F)(F)F)c2)c(CCc2ccccc2)c1. The first-order valence-electron chi connectivity index (χ1n) is 13.1. The first kappa shape index (κ1) is 29.9. The molecule has 0 aliphatic carbocycles. The van der Waals surface area contributed by atoms with Gasteiger partial charge < -0.3 is 4.74 Å². The predicted octanol–water partition coefficient (Wildman–Crippen LogP) is 7.37. The molecule has 0 heterocycles. The van der Waals surface area contributed by atoms with Crippen LogP contribution < -0.4 is 9.46 Å². The van der Waals surface area contributed by atoms with E-state index in [-0.39, 0.29) is 5.56 Å². The molecular formula is C32H30F3NO4S. The Balaban J connectivity index is 1.71. The van der Waals surface area contributed by atoms with Crippen molar-refractivity contribution in [3.63, 3.8) is 0 Å². The molecule has 0 saturated heterocycles. The zero-order valence-electron chi connectivity index (χ0n) is 22.7. The maximum atomic E-state index is 13.3. The molecule has 5 nitrogen and oxygen atoms in total. The number of carbonyl (C=O) groups excluding carboxylic acids is 1. The quantitative estimate of drug-likeness (QED) is 0.212. The summed E-state index contributed by atoms with van der Waals surface area (Å²) in [6.07, 6.45) is -2.90.